The van der Waals surface area contributed by atoms with Crippen molar-refractivity contribution in [2.75, 3.05) is 4.31 Å². The number of aliphatic hydroxyl groups excluding tert-OH is 1. The molecule has 3 N–H and O–H groups in total. The van der Waals surface area contributed by atoms with E-state index in [0.29, 0.717) is 23.6 Å². The van der Waals surface area contributed by atoms with Crippen molar-refractivity contribution < 1.29 is 31.8 Å². The van der Waals surface area contributed by atoms with E-state index in [2.05, 4.69) is 0 Å². The fourth-order valence-corrected chi connectivity index (χ4v) is 4.45. The zero-order valence-electron chi connectivity index (χ0n) is 15.9. The molecule has 3 aromatic rings. The number of anilines is 1. The third-order valence-corrected chi connectivity index (χ3v) is 6.24. The largest absolute Gasteiger partial charge is 0.506 e. The number of nitrogens with one attached hydrogen (secondary N) is 1. The van der Waals surface area contributed by atoms with Crippen molar-refractivity contribution in [3.05, 3.63) is 83.4 Å². The van der Waals surface area contributed by atoms with Crippen LogP contribution in [0.25, 0.3) is 10.8 Å². The Hall–Kier alpha value is -3.40. The number of hydrogen-bond acceptors (Lipinski definition) is 4. The molecule has 4 rings (SSSR count). The first-order chi connectivity index (χ1) is 14.5. The van der Waals surface area contributed by atoms with Crippen LogP contribution < -0.4 is 9.03 Å². The van der Waals surface area contributed by atoms with Crippen molar-refractivity contribution in [1.82, 2.24) is 4.72 Å². The monoisotopic (exact) mass is 450 g/mol. The van der Waals surface area contributed by atoms with Gasteiger partial charge in [0.2, 0.25) is 5.88 Å². The van der Waals surface area contributed by atoms with Gasteiger partial charge in [0.1, 0.15) is 11.4 Å². The minimum Gasteiger partial charge on any atom is -0.506 e. The summed E-state index contributed by atoms with van der Waals surface area (Å²) in [7, 11) is -4.05. The second kappa shape index (κ2) is 7.38. The fourth-order valence-electron chi connectivity index (χ4n) is 3.39. The summed E-state index contributed by atoms with van der Waals surface area (Å²) >= 11 is 0. The summed E-state index contributed by atoms with van der Waals surface area (Å²) in [4.78, 5) is 0. The van der Waals surface area contributed by atoms with Gasteiger partial charge in [0, 0.05) is 0 Å². The van der Waals surface area contributed by atoms with Crippen molar-refractivity contribution in [1.29, 1.82) is 0 Å². The lowest BCUT2D eigenvalue weighted by Crippen LogP contribution is -2.29. The Morgan fingerprint density at radius 1 is 0.871 bits per heavy atom. The van der Waals surface area contributed by atoms with Gasteiger partial charge in [0.25, 0.3) is 0 Å². The van der Waals surface area contributed by atoms with Crippen LogP contribution in [0.15, 0.2) is 66.7 Å². The first-order valence-electron chi connectivity index (χ1n) is 9.18. The van der Waals surface area contributed by atoms with Gasteiger partial charge >= 0.3 is 16.4 Å². The molecule has 0 saturated carbocycles. The van der Waals surface area contributed by atoms with E-state index in [1.54, 1.807) is 6.07 Å². The molecule has 0 radical (unpaired) electrons. The van der Waals surface area contributed by atoms with Crippen molar-refractivity contribution in [3.63, 3.8) is 0 Å². The third kappa shape index (κ3) is 4.24. The van der Waals surface area contributed by atoms with Gasteiger partial charge in [-0.3, -0.25) is 0 Å². The van der Waals surface area contributed by atoms with Crippen LogP contribution in [0.3, 0.4) is 0 Å². The summed E-state index contributed by atoms with van der Waals surface area (Å²) in [5, 5.41) is 21.1. The minimum atomic E-state index is -4.37. The number of halogens is 3. The van der Waals surface area contributed by atoms with Gasteiger partial charge in [-0.05, 0) is 59.0 Å². The van der Waals surface area contributed by atoms with Crippen molar-refractivity contribution in [2.45, 2.75) is 19.0 Å². The van der Waals surface area contributed by atoms with E-state index in [-0.39, 0.29) is 11.4 Å². The number of phenols is 1. The minimum absolute atomic E-state index is 0.0241. The molecular formula is C21H17F3N2O4S. The Bertz CT molecular complexity index is 1290. The van der Waals surface area contributed by atoms with E-state index < -0.39 is 27.8 Å². The first kappa shape index (κ1) is 20.9. The number of phenolic OH excluding ortho intramolecular Hbond substituents is 1. The average molecular weight is 450 g/mol. The van der Waals surface area contributed by atoms with E-state index in [1.807, 2.05) is 16.9 Å². The number of aliphatic hydroxyl groups is 1. The molecule has 0 aromatic heterocycles. The Labute approximate surface area is 176 Å². The molecule has 0 bridgehead atoms. The van der Waals surface area contributed by atoms with Crippen LogP contribution in [-0.2, 0) is 29.2 Å². The second-order valence-electron chi connectivity index (χ2n) is 7.13. The van der Waals surface area contributed by atoms with Crippen LogP contribution in [0.2, 0.25) is 0 Å². The number of benzene rings is 3. The van der Waals surface area contributed by atoms with Crippen molar-refractivity contribution in [2.24, 2.45) is 0 Å². The molecule has 1 aliphatic heterocycles. The van der Waals surface area contributed by atoms with Crippen LogP contribution in [-0.4, -0.2) is 18.6 Å². The van der Waals surface area contributed by atoms with Crippen molar-refractivity contribution in [3.8, 4) is 5.75 Å². The molecule has 0 fully saturated rings. The van der Waals surface area contributed by atoms with Crippen LogP contribution in [0.1, 0.15) is 16.7 Å². The van der Waals surface area contributed by atoms with Gasteiger partial charge in [-0.15, -0.1) is 0 Å². The molecule has 1 aliphatic rings. The quantitative estimate of drug-likeness (QED) is 0.551. The summed E-state index contributed by atoms with van der Waals surface area (Å²) in [5.41, 5.74) is 0.934. The lowest BCUT2D eigenvalue weighted by molar-refractivity contribution is -0.137. The molecular weight excluding hydrogens is 433 g/mol. The molecule has 0 atom stereocenters. The second-order valence-corrected chi connectivity index (χ2v) is 8.68. The Balaban J connectivity index is 1.58. The summed E-state index contributed by atoms with van der Waals surface area (Å²) < 4.78 is 64.9. The Kier molecular flexibility index (Phi) is 4.97. The zero-order chi connectivity index (χ0) is 22.4. The topological polar surface area (TPSA) is 89.9 Å². The molecule has 3 aromatic carbocycles. The molecule has 162 valence electrons. The number of nitrogens with zero attached hydrogens (tertiary/aromatic N) is 1. The van der Waals surface area contributed by atoms with Gasteiger partial charge in [-0.2, -0.15) is 21.6 Å². The van der Waals surface area contributed by atoms with E-state index >= 15 is 0 Å². The van der Waals surface area contributed by atoms with Gasteiger partial charge < -0.3 is 10.2 Å². The number of rotatable bonds is 4. The summed E-state index contributed by atoms with van der Waals surface area (Å²) in [5.74, 6) is -0.842. The predicted octanol–water partition coefficient (Wildman–Crippen LogP) is 4.36. The zero-order valence-corrected chi connectivity index (χ0v) is 16.7. The lowest BCUT2D eigenvalue weighted by atomic mass is 10.00. The smallest absolute Gasteiger partial charge is 0.416 e. The van der Waals surface area contributed by atoms with Crippen LogP contribution in [0.4, 0.5) is 18.9 Å². The maximum Gasteiger partial charge on any atom is 0.416 e. The third-order valence-electron chi connectivity index (χ3n) is 4.95. The maximum absolute atomic E-state index is 12.7. The normalized spacial score (nSPS) is 15.7. The molecule has 1 heterocycles. The SMILES string of the molecule is O=S1(=O)NC(O)=CN1c1cc2cc(CCc3ccc(C(F)(F)F)cc3)ccc2cc1O. The summed E-state index contributed by atoms with van der Waals surface area (Å²) in [6, 6.07) is 13.3. The maximum atomic E-state index is 12.7. The summed E-state index contributed by atoms with van der Waals surface area (Å²) in [6.45, 7) is 0. The first-order valence-corrected chi connectivity index (χ1v) is 10.6. The molecule has 31 heavy (non-hydrogen) atoms. The highest BCUT2D eigenvalue weighted by Crippen LogP contribution is 2.36. The van der Waals surface area contributed by atoms with Crippen LogP contribution in [0.5, 0.6) is 5.75 Å². The van der Waals surface area contributed by atoms with Gasteiger partial charge in [0.05, 0.1) is 11.8 Å². The molecule has 0 spiro atoms. The Morgan fingerprint density at radius 3 is 2.13 bits per heavy atom. The van der Waals surface area contributed by atoms with Gasteiger partial charge in [0.15, 0.2) is 0 Å². The van der Waals surface area contributed by atoms with E-state index in [9.17, 15) is 31.8 Å². The molecule has 0 aliphatic carbocycles. The highest BCUT2D eigenvalue weighted by atomic mass is 32.2. The van der Waals surface area contributed by atoms with E-state index in [4.69, 9.17) is 0 Å². The van der Waals surface area contributed by atoms with Crippen LogP contribution in [0, 0.1) is 0 Å². The molecule has 0 unspecified atom stereocenters. The summed E-state index contributed by atoms with van der Waals surface area (Å²) in [6.07, 6.45) is -2.34. The van der Waals surface area contributed by atoms with E-state index in [0.717, 1.165) is 33.8 Å². The molecule has 10 heteroatoms. The molecule has 0 amide bonds. The fraction of sp³-hybridized carbons (Fsp3) is 0.143. The highest BCUT2D eigenvalue weighted by molar-refractivity contribution is 7.91. The highest BCUT2D eigenvalue weighted by Gasteiger charge is 2.31. The number of aryl methyl sites for hydroxylation is 2. The standard InChI is InChI=1S/C21H17F3N2O4S/c22-21(23,24)17-7-4-13(5-8-17)1-2-14-3-6-15-11-19(27)18(10-16(15)9-14)26-12-20(28)25-31(26,29)30/h3-12,25,27-28H,1-2H2. The van der Waals surface area contributed by atoms with Crippen LogP contribution >= 0.6 is 0 Å². The predicted molar refractivity (Wildman–Crippen MR) is 110 cm³/mol. The molecule has 0 saturated heterocycles. The van der Waals surface area contributed by atoms with Crippen molar-refractivity contribution >= 4 is 26.7 Å². The molecule has 6 nitrogen and oxygen atoms in total. The van der Waals surface area contributed by atoms with Gasteiger partial charge in [-0.25, -0.2) is 9.03 Å². The van der Waals surface area contributed by atoms with E-state index in [1.165, 1.54) is 24.3 Å². The van der Waals surface area contributed by atoms with Gasteiger partial charge in [-0.1, -0.05) is 30.3 Å². The number of fused-ring (bicyclic) bond motifs is 1. The lowest BCUT2D eigenvalue weighted by Gasteiger charge is -2.16. The average Bonchev–Trinajstić information content (AvgIpc) is 2.97. The number of alkyl halides is 3. The number of hydrogen-bond donors (Lipinski definition) is 3. The number of aromatic hydroxyl groups is 1. The Morgan fingerprint density at radius 2 is 1.52 bits per heavy atom.